The fourth-order valence-corrected chi connectivity index (χ4v) is 4.78. The predicted molar refractivity (Wildman–Crippen MR) is 108 cm³/mol. The van der Waals surface area contributed by atoms with Crippen molar-refractivity contribution in [3.8, 4) is 6.07 Å². The van der Waals surface area contributed by atoms with Gasteiger partial charge in [0.05, 0.1) is 25.4 Å². The van der Waals surface area contributed by atoms with Gasteiger partial charge in [-0.25, -0.2) is 9.59 Å². The molecule has 0 radical (unpaired) electrons. The minimum atomic E-state index is -4.18. The van der Waals surface area contributed by atoms with Gasteiger partial charge in [0.25, 0.3) is 7.57 Å². The molecule has 0 aromatic heterocycles. The maximum atomic E-state index is 13.5. The summed E-state index contributed by atoms with van der Waals surface area (Å²) in [7, 11) is -1.03. The summed E-state index contributed by atoms with van der Waals surface area (Å²) in [5, 5.41) is 9.41. The summed E-state index contributed by atoms with van der Waals surface area (Å²) in [6.45, 7) is 1.34. The van der Waals surface area contributed by atoms with Gasteiger partial charge in [-0.3, -0.25) is 4.79 Å². The van der Waals surface area contributed by atoms with Gasteiger partial charge in [-0.1, -0.05) is 29.8 Å². The second-order valence-electron chi connectivity index (χ2n) is 5.87. The van der Waals surface area contributed by atoms with Gasteiger partial charge in [0.2, 0.25) is 11.2 Å². The Labute approximate surface area is 178 Å². The van der Waals surface area contributed by atoms with E-state index in [0.717, 1.165) is 21.3 Å². The number of hydrogen-bond donors (Lipinski definition) is 1. The zero-order valence-electron chi connectivity index (χ0n) is 16.6. The second-order valence-corrected chi connectivity index (χ2v) is 8.49. The van der Waals surface area contributed by atoms with Crippen LogP contribution in [0.5, 0.6) is 0 Å². The molecule has 0 fully saturated rings. The average Bonchev–Trinajstić information content (AvgIpc) is 3.02. The van der Waals surface area contributed by atoms with Crippen LogP contribution in [0.2, 0.25) is 5.02 Å². The summed E-state index contributed by atoms with van der Waals surface area (Å²) in [4.78, 5) is 50.1. The van der Waals surface area contributed by atoms with Crippen LogP contribution in [0.15, 0.2) is 29.8 Å². The first kappa shape index (κ1) is 23.8. The maximum Gasteiger partial charge on any atom is 0.339 e. The fraction of sp³-hybridized carbons (Fsp3) is 0.316. The molecule has 0 saturated heterocycles. The molecule has 1 N–H and O–H groups in total. The Morgan fingerprint density at radius 3 is 2.30 bits per heavy atom. The maximum absolute atomic E-state index is 13.5. The van der Waals surface area contributed by atoms with E-state index in [0.29, 0.717) is 0 Å². The van der Waals surface area contributed by atoms with Crippen molar-refractivity contribution >= 4 is 47.8 Å². The Balaban J connectivity index is 3.20. The third kappa shape index (κ3) is 3.47. The lowest BCUT2D eigenvalue weighted by molar-refractivity contribution is -0.151. The SMILES string of the molecule is CCOC(=O)C1(C#N)C(=O)C(=P(O)(OC)OC)C(C(=O)OC)=C1c1ccccc1Cl. The number of rotatable bonds is 6. The van der Waals surface area contributed by atoms with E-state index < -0.39 is 41.6 Å². The molecule has 2 rings (SSSR count). The number of benzene rings is 1. The topological polar surface area (TPSA) is 132 Å². The van der Waals surface area contributed by atoms with Gasteiger partial charge in [-0.2, -0.15) is 5.26 Å². The minimum absolute atomic E-state index is 0.0382. The second kappa shape index (κ2) is 9.13. The van der Waals surface area contributed by atoms with Crippen molar-refractivity contribution in [1.82, 2.24) is 0 Å². The highest BCUT2D eigenvalue weighted by Gasteiger charge is 2.63. The number of ketones is 1. The number of carbonyl (C=O) groups excluding carboxylic acids is 3. The lowest BCUT2D eigenvalue weighted by Gasteiger charge is -2.22. The Bertz CT molecular complexity index is 1030. The number of hydrogen-bond acceptors (Lipinski definition) is 9. The van der Waals surface area contributed by atoms with Crippen molar-refractivity contribution in [3.63, 3.8) is 0 Å². The lowest BCUT2D eigenvalue weighted by atomic mass is 9.78. The highest BCUT2D eigenvalue weighted by molar-refractivity contribution is 7.65. The average molecular weight is 456 g/mol. The molecule has 1 aliphatic carbocycles. The molecule has 0 saturated carbocycles. The van der Waals surface area contributed by atoms with Crippen LogP contribution in [-0.2, 0) is 32.9 Å². The number of ether oxygens (including phenoxy) is 2. The van der Waals surface area contributed by atoms with Crippen molar-refractivity contribution in [2.45, 2.75) is 6.92 Å². The van der Waals surface area contributed by atoms with Gasteiger partial charge in [0, 0.05) is 24.8 Å². The zero-order chi connectivity index (χ0) is 22.7. The summed E-state index contributed by atoms with van der Waals surface area (Å²) in [5.41, 5.74) is -3.50. The van der Waals surface area contributed by atoms with Gasteiger partial charge in [0.1, 0.15) is 5.29 Å². The van der Waals surface area contributed by atoms with Crippen LogP contribution in [-0.4, -0.2) is 55.8 Å². The molecule has 0 aliphatic heterocycles. The number of methoxy groups -OCH3 is 1. The fourth-order valence-electron chi connectivity index (χ4n) is 3.13. The standard InChI is InChI=1S/C19H19ClNO8P/c1-5-29-18(24)19(10-21)14(11-8-6-7-9-12(11)20)13(17(23)26-2)15(16(19)22)30(25,27-3)28-4/h6-9,25H,5H2,1-4H3. The lowest BCUT2D eigenvalue weighted by Crippen LogP contribution is -2.40. The van der Waals surface area contributed by atoms with Gasteiger partial charge < -0.3 is 23.4 Å². The number of nitriles is 1. The first-order valence-electron chi connectivity index (χ1n) is 8.52. The van der Waals surface area contributed by atoms with Gasteiger partial charge >= 0.3 is 11.9 Å². The first-order valence-corrected chi connectivity index (χ1v) is 10.5. The Morgan fingerprint density at radius 1 is 1.23 bits per heavy atom. The number of carbonyl (C=O) groups is 3. The van der Waals surface area contributed by atoms with E-state index in [-0.39, 0.29) is 22.8 Å². The molecule has 9 nitrogen and oxygen atoms in total. The van der Waals surface area contributed by atoms with E-state index in [2.05, 4.69) is 0 Å². The largest absolute Gasteiger partial charge is 0.465 e. The van der Waals surface area contributed by atoms with Crippen molar-refractivity contribution in [2.75, 3.05) is 27.9 Å². The van der Waals surface area contributed by atoms with Crippen LogP contribution in [0.1, 0.15) is 12.5 Å². The molecular weight excluding hydrogens is 437 g/mol. The molecule has 0 heterocycles. The van der Waals surface area contributed by atoms with Crippen LogP contribution in [0.3, 0.4) is 0 Å². The summed E-state index contributed by atoms with van der Waals surface area (Å²) >= 11 is 6.28. The van der Waals surface area contributed by atoms with Crippen molar-refractivity contribution < 1.29 is 37.8 Å². The molecule has 11 heteroatoms. The highest BCUT2D eigenvalue weighted by Crippen LogP contribution is 2.56. The molecule has 160 valence electrons. The van der Waals surface area contributed by atoms with Crippen LogP contribution < -0.4 is 0 Å². The van der Waals surface area contributed by atoms with E-state index in [1.807, 2.05) is 0 Å². The molecule has 1 atom stereocenters. The molecule has 30 heavy (non-hydrogen) atoms. The Morgan fingerprint density at radius 2 is 1.83 bits per heavy atom. The molecule has 1 aromatic carbocycles. The third-order valence-corrected chi connectivity index (χ3v) is 6.79. The quantitative estimate of drug-likeness (QED) is 0.389. The molecule has 0 bridgehead atoms. The van der Waals surface area contributed by atoms with E-state index >= 15 is 0 Å². The van der Waals surface area contributed by atoms with E-state index in [9.17, 15) is 24.5 Å². The molecule has 1 aliphatic rings. The van der Waals surface area contributed by atoms with Crippen LogP contribution in [0, 0.1) is 16.7 Å². The molecule has 0 spiro atoms. The summed E-state index contributed by atoms with van der Waals surface area (Å²) < 4.78 is 19.8. The monoisotopic (exact) mass is 455 g/mol. The van der Waals surface area contributed by atoms with Gasteiger partial charge in [0.15, 0.2) is 0 Å². The van der Waals surface area contributed by atoms with Gasteiger partial charge in [-0.05, 0) is 18.6 Å². The smallest absolute Gasteiger partial charge is 0.339 e. The van der Waals surface area contributed by atoms with Crippen molar-refractivity contribution in [2.24, 2.45) is 5.41 Å². The Hall–Kier alpha value is -2.47. The van der Waals surface area contributed by atoms with Crippen LogP contribution in [0.4, 0.5) is 0 Å². The van der Waals surface area contributed by atoms with Crippen LogP contribution in [0.25, 0.3) is 5.57 Å². The number of nitrogens with zero attached hydrogens (tertiary/aromatic N) is 1. The predicted octanol–water partition coefficient (Wildman–Crippen LogP) is 2.14. The molecular formula is C19H19ClNO8P. The summed E-state index contributed by atoms with van der Waals surface area (Å²) in [6.07, 6.45) is 0. The summed E-state index contributed by atoms with van der Waals surface area (Å²) in [6, 6.07) is 7.65. The van der Waals surface area contributed by atoms with E-state index in [4.69, 9.17) is 30.1 Å². The third-order valence-electron chi connectivity index (χ3n) is 4.48. The minimum Gasteiger partial charge on any atom is -0.465 e. The van der Waals surface area contributed by atoms with Crippen molar-refractivity contribution in [3.05, 3.63) is 40.4 Å². The summed E-state index contributed by atoms with van der Waals surface area (Å²) in [5.74, 6) is -3.54. The van der Waals surface area contributed by atoms with E-state index in [1.165, 1.54) is 25.1 Å². The van der Waals surface area contributed by atoms with Gasteiger partial charge in [-0.15, -0.1) is 0 Å². The van der Waals surface area contributed by atoms with Crippen molar-refractivity contribution in [1.29, 1.82) is 5.26 Å². The normalized spacial score (nSPS) is 19.0. The molecule has 1 unspecified atom stereocenters. The number of halogens is 1. The first-order chi connectivity index (χ1) is 14.2. The zero-order valence-corrected chi connectivity index (χ0v) is 18.2. The number of esters is 2. The Kier molecular flexibility index (Phi) is 7.24. The van der Waals surface area contributed by atoms with Crippen LogP contribution >= 0.6 is 19.2 Å². The molecule has 1 aromatic rings. The molecule has 0 amide bonds. The van der Waals surface area contributed by atoms with E-state index in [1.54, 1.807) is 12.1 Å². The number of Topliss-reactive ketones (excluding diaryl/α,β-unsaturated/α-hetero) is 1. The highest BCUT2D eigenvalue weighted by atomic mass is 35.5.